The monoisotopic (exact) mass is 305 g/mol. The molecule has 1 rings (SSSR count). The van der Waals surface area contributed by atoms with Crippen LogP contribution in [0.4, 0.5) is 5.69 Å². The molecule has 1 aromatic rings. The van der Waals surface area contributed by atoms with Gasteiger partial charge in [0.2, 0.25) is 5.91 Å². The van der Waals surface area contributed by atoms with Gasteiger partial charge in [-0.1, -0.05) is 65.2 Å². The number of rotatable bonds is 11. The number of hydrogen-bond donors (Lipinski definition) is 2. The zero-order valence-electron chi connectivity index (χ0n) is 14.1. The second-order valence-electron chi connectivity index (χ2n) is 6.20. The Labute approximate surface area is 135 Å². The molecule has 0 radical (unpaired) electrons. The van der Waals surface area contributed by atoms with Crippen LogP contribution in [0.15, 0.2) is 24.3 Å². The van der Waals surface area contributed by atoms with Crippen molar-refractivity contribution in [2.24, 2.45) is 5.92 Å². The van der Waals surface area contributed by atoms with Crippen LogP contribution in [0.2, 0.25) is 0 Å². The summed E-state index contributed by atoms with van der Waals surface area (Å²) in [5.74, 6) is 0.313. The molecule has 0 bridgehead atoms. The highest BCUT2D eigenvalue weighted by atomic mass is 16.3. The van der Waals surface area contributed by atoms with Gasteiger partial charge in [-0.2, -0.15) is 0 Å². The largest absolute Gasteiger partial charge is 0.508 e. The smallest absolute Gasteiger partial charge is 0.227 e. The zero-order chi connectivity index (χ0) is 16.2. The fourth-order valence-corrected chi connectivity index (χ4v) is 2.53. The predicted molar refractivity (Wildman–Crippen MR) is 93.1 cm³/mol. The van der Waals surface area contributed by atoms with E-state index in [0.29, 0.717) is 0 Å². The summed E-state index contributed by atoms with van der Waals surface area (Å²) < 4.78 is 0. The van der Waals surface area contributed by atoms with Crippen LogP contribution in [-0.4, -0.2) is 11.0 Å². The molecule has 0 aliphatic heterocycles. The Bertz CT molecular complexity index is 414. The lowest BCUT2D eigenvalue weighted by molar-refractivity contribution is -0.119. The molecule has 0 aliphatic rings. The number of unbranched alkanes of at least 4 members (excludes halogenated alkanes) is 7. The number of anilines is 1. The number of hydrogen-bond acceptors (Lipinski definition) is 2. The number of nitrogens with one attached hydrogen (secondary N) is 1. The fourth-order valence-electron chi connectivity index (χ4n) is 2.53. The standard InChI is InChI=1S/C19H31NO2/c1-3-4-5-6-7-8-9-10-11-16(2)19(22)20-17-12-14-18(21)15-13-17/h12-16,21H,3-11H2,1-2H3,(H,20,22). The van der Waals surface area contributed by atoms with E-state index in [1.54, 1.807) is 24.3 Å². The van der Waals surface area contributed by atoms with Gasteiger partial charge in [-0.3, -0.25) is 4.79 Å². The van der Waals surface area contributed by atoms with E-state index in [1.807, 2.05) is 6.92 Å². The average molecular weight is 305 g/mol. The van der Waals surface area contributed by atoms with Crippen molar-refractivity contribution < 1.29 is 9.90 Å². The first-order valence-electron chi connectivity index (χ1n) is 8.73. The molecule has 0 spiro atoms. The van der Waals surface area contributed by atoms with E-state index in [4.69, 9.17) is 0 Å². The highest BCUT2D eigenvalue weighted by molar-refractivity contribution is 5.92. The first-order chi connectivity index (χ1) is 10.6. The van der Waals surface area contributed by atoms with Crippen LogP contribution in [0, 0.1) is 5.92 Å². The molecule has 0 aliphatic carbocycles. The summed E-state index contributed by atoms with van der Waals surface area (Å²) in [5.41, 5.74) is 0.741. The van der Waals surface area contributed by atoms with Crippen molar-refractivity contribution in [3.63, 3.8) is 0 Å². The normalized spacial score (nSPS) is 12.1. The van der Waals surface area contributed by atoms with Crippen molar-refractivity contribution >= 4 is 11.6 Å². The van der Waals surface area contributed by atoms with E-state index in [0.717, 1.165) is 18.5 Å². The number of carbonyl (C=O) groups excluding carboxylic acids is 1. The van der Waals surface area contributed by atoms with E-state index >= 15 is 0 Å². The molecule has 22 heavy (non-hydrogen) atoms. The molecule has 1 amide bonds. The van der Waals surface area contributed by atoms with Crippen molar-refractivity contribution in [1.82, 2.24) is 0 Å². The maximum Gasteiger partial charge on any atom is 0.227 e. The first-order valence-corrected chi connectivity index (χ1v) is 8.73. The number of phenolic OH excluding ortho intramolecular Hbond substituents is 1. The minimum absolute atomic E-state index is 0.0360. The second-order valence-corrected chi connectivity index (χ2v) is 6.20. The summed E-state index contributed by atoms with van der Waals surface area (Å²) >= 11 is 0. The van der Waals surface area contributed by atoms with E-state index < -0.39 is 0 Å². The molecule has 0 aromatic heterocycles. The Hall–Kier alpha value is -1.51. The lowest BCUT2D eigenvalue weighted by Gasteiger charge is -2.12. The maximum atomic E-state index is 12.1. The lowest BCUT2D eigenvalue weighted by Crippen LogP contribution is -2.20. The summed E-state index contributed by atoms with van der Waals surface area (Å²) in [6.45, 7) is 4.22. The Morgan fingerprint density at radius 3 is 2.14 bits per heavy atom. The third kappa shape index (κ3) is 8.06. The fraction of sp³-hybridized carbons (Fsp3) is 0.632. The first kappa shape index (κ1) is 18.5. The van der Waals surface area contributed by atoms with Crippen molar-refractivity contribution in [3.05, 3.63) is 24.3 Å². The second kappa shape index (κ2) is 11.1. The van der Waals surface area contributed by atoms with Gasteiger partial charge in [0.05, 0.1) is 0 Å². The molecule has 1 unspecified atom stereocenters. The van der Waals surface area contributed by atoms with Crippen LogP contribution in [0.1, 0.15) is 71.6 Å². The Kier molecular flexibility index (Phi) is 9.36. The number of benzene rings is 1. The van der Waals surface area contributed by atoms with E-state index in [-0.39, 0.29) is 17.6 Å². The predicted octanol–water partition coefficient (Wildman–Crippen LogP) is 5.50. The summed E-state index contributed by atoms with van der Waals surface area (Å²) in [5, 5.41) is 12.1. The summed E-state index contributed by atoms with van der Waals surface area (Å²) in [6, 6.07) is 6.60. The van der Waals surface area contributed by atoms with Gasteiger partial charge in [-0.25, -0.2) is 0 Å². The zero-order valence-corrected chi connectivity index (χ0v) is 14.1. The van der Waals surface area contributed by atoms with Crippen LogP contribution in [0.25, 0.3) is 0 Å². The number of carbonyl (C=O) groups is 1. The number of amides is 1. The van der Waals surface area contributed by atoms with Crippen molar-refractivity contribution in [2.45, 2.75) is 71.6 Å². The molecule has 1 aromatic carbocycles. The summed E-state index contributed by atoms with van der Waals surface area (Å²) in [6.07, 6.45) is 11.3. The van der Waals surface area contributed by atoms with Gasteiger partial charge in [-0.05, 0) is 30.7 Å². The van der Waals surface area contributed by atoms with Gasteiger partial charge < -0.3 is 10.4 Å². The van der Waals surface area contributed by atoms with Crippen LogP contribution in [-0.2, 0) is 4.79 Å². The molecule has 3 heteroatoms. The van der Waals surface area contributed by atoms with Crippen LogP contribution < -0.4 is 5.32 Å². The molecule has 0 heterocycles. The van der Waals surface area contributed by atoms with Crippen LogP contribution >= 0.6 is 0 Å². The quantitative estimate of drug-likeness (QED) is 0.419. The highest BCUT2D eigenvalue weighted by Gasteiger charge is 2.12. The Balaban J connectivity index is 2.10. The molecule has 0 saturated heterocycles. The summed E-state index contributed by atoms with van der Waals surface area (Å²) in [4.78, 5) is 12.1. The van der Waals surface area contributed by atoms with Crippen molar-refractivity contribution in [1.29, 1.82) is 0 Å². The van der Waals surface area contributed by atoms with E-state index in [9.17, 15) is 9.90 Å². The molecule has 2 N–H and O–H groups in total. The van der Waals surface area contributed by atoms with Gasteiger partial charge >= 0.3 is 0 Å². The molecule has 3 nitrogen and oxygen atoms in total. The molecule has 0 saturated carbocycles. The highest BCUT2D eigenvalue weighted by Crippen LogP contribution is 2.17. The van der Waals surface area contributed by atoms with Gasteiger partial charge in [0.25, 0.3) is 0 Å². The van der Waals surface area contributed by atoms with E-state index in [2.05, 4.69) is 12.2 Å². The summed E-state index contributed by atoms with van der Waals surface area (Å²) in [7, 11) is 0. The average Bonchev–Trinajstić information content (AvgIpc) is 2.52. The minimum Gasteiger partial charge on any atom is -0.508 e. The third-order valence-corrected chi connectivity index (χ3v) is 4.07. The third-order valence-electron chi connectivity index (χ3n) is 4.07. The van der Waals surface area contributed by atoms with Gasteiger partial charge in [0.1, 0.15) is 5.75 Å². The number of phenols is 1. The topological polar surface area (TPSA) is 49.3 Å². The molecular formula is C19H31NO2. The molecular weight excluding hydrogens is 274 g/mol. The van der Waals surface area contributed by atoms with Gasteiger partial charge in [0.15, 0.2) is 0 Å². The van der Waals surface area contributed by atoms with Crippen molar-refractivity contribution in [3.8, 4) is 5.75 Å². The molecule has 1 atom stereocenters. The molecule has 0 fully saturated rings. The van der Waals surface area contributed by atoms with E-state index in [1.165, 1.54) is 44.9 Å². The Morgan fingerprint density at radius 1 is 1.00 bits per heavy atom. The van der Waals surface area contributed by atoms with Gasteiger partial charge in [-0.15, -0.1) is 0 Å². The van der Waals surface area contributed by atoms with Crippen molar-refractivity contribution in [2.75, 3.05) is 5.32 Å². The SMILES string of the molecule is CCCCCCCCCCC(C)C(=O)Nc1ccc(O)cc1. The van der Waals surface area contributed by atoms with Gasteiger partial charge in [0, 0.05) is 11.6 Å². The minimum atomic E-state index is 0.0360. The molecule has 124 valence electrons. The maximum absolute atomic E-state index is 12.1. The number of aromatic hydroxyl groups is 1. The van der Waals surface area contributed by atoms with Crippen LogP contribution in [0.3, 0.4) is 0 Å². The van der Waals surface area contributed by atoms with Crippen LogP contribution in [0.5, 0.6) is 5.75 Å². The Morgan fingerprint density at radius 2 is 1.55 bits per heavy atom. The lowest BCUT2D eigenvalue weighted by atomic mass is 10.0.